The molecule has 122 valence electrons. The molecule has 0 aliphatic rings. The largest absolute Gasteiger partial charge is 0.349 e. The molecule has 0 fully saturated rings. The number of benzene rings is 2. The minimum Gasteiger partial charge on any atom is -0.349 e. The molecule has 0 saturated carbocycles. The number of nitrogens with zero attached hydrogens (tertiary/aromatic N) is 3. The van der Waals surface area contributed by atoms with Crippen molar-refractivity contribution in [2.45, 2.75) is 6.54 Å². The summed E-state index contributed by atoms with van der Waals surface area (Å²) in [6.45, 7) is 0.246. The lowest BCUT2D eigenvalue weighted by Gasteiger charge is -2.10. The monoisotopic (exact) mass is 363 g/mol. The average Bonchev–Trinajstić information content (AvgIpc) is 2.59. The zero-order valence-electron chi connectivity index (χ0n) is 12.3. The van der Waals surface area contributed by atoms with Gasteiger partial charge in [0.05, 0.1) is 21.9 Å². The smallest absolute Gasteiger partial charge is 0.244 e. The maximum atomic E-state index is 13.6. The van der Waals surface area contributed by atoms with E-state index in [1.54, 1.807) is 36.4 Å². The van der Waals surface area contributed by atoms with Crippen LogP contribution < -0.4 is 10.6 Å². The van der Waals surface area contributed by atoms with Crippen molar-refractivity contribution in [2.24, 2.45) is 0 Å². The number of rotatable bonds is 5. The van der Waals surface area contributed by atoms with Crippen LogP contribution in [0.15, 0.2) is 48.7 Å². The number of aromatic nitrogens is 3. The van der Waals surface area contributed by atoms with Gasteiger partial charge in [-0.15, -0.1) is 5.10 Å². The van der Waals surface area contributed by atoms with Gasteiger partial charge in [0, 0.05) is 12.1 Å². The third-order valence-corrected chi connectivity index (χ3v) is 3.99. The van der Waals surface area contributed by atoms with Crippen molar-refractivity contribution in [3.05, 3.63) is 70.1 Å². The van der Waals surface area contributed by atoms with E-state index in [-0.39, 0.29) is 18.3 Å². The molecule has 8 heteroatoms. The molecule has 2 aromatic carbocycles. The summed E-state index contributed by atoms with van der Waals surface area (Å²) >= 11 is 12.1. The van der Waals surface area contributed by atoms with Crippen LogP contribution in [-0.4, -0.2) is 15.2 Å². The second-order valence-corrected chi connectivity index (χ2v) is 5.62. The summed E-state index contributed by atoms with van der Waals surface area (Å²) in [4.78, 5) is 4.26. The van der Waals surface area contributed by atoms with Gasteiger partial charge in [0.25, 0.3) is 0 Å². The molecular formula is C16H12Cl2FN5. The second kappa shape index (κ2) is 7.42. The fourth-order valence-electron chi connectivity index (χ4n) is 1.99. The highest BCUT2D eigenvalue weighted by Crippen LogP contribution is 2.31. The molecule has 0 atom stereocenters. The van der Waals surface area contributed by atoms with E-state index < -0.39 is 0 Å². The van der Waals surface area contributed by atoms with Crippen LogP contribution in [0.25, 0.3) is 0 Å². The van der Waals surface area contributed by atoms with Gasteiger partial charge >= 0.3 is 0 Å². The van der Waals surface area contributed by atoms with Crippen molar-refractivity contribution in [2.75, 3.05) is 10.6 Å². The fourth-order valence-corrected chi connectivity index (χ4v) is 2.34. The van der Waals surface area contributed by atoms with Crippen molar-refractivity contribution in [3.8, 4) is 0 Å². The maximum absolute atomic E-state index is 13.6. The number of hydrogen-bond donors (Lipinski definition) is 2. The van der Waals surface area contributed by atoms with Gasteiger partial charge in [-0.25, -0.2) is 4.39 Å². The predicted octanol–water partition coefficient (Wildman–Crippen LogP) is 4.67. The first-order valence-electron chi connectivity index (χ1n) is 7.01. The quantitative estimate of drug-likeness (QED) is 0.689. The lowest BCUT2D eigenvalue weighted by atomic mass is 10.2. The first-order valence-corrected chi connectivity index (χ1v) is 7.77. The first-order chi connectivity index (χ1) is 11.6. The molecule has 1 aromatic heterocycles. The van der Waals surface area contributed by atoms with Gasteiger partial charge in [0.15, 0.2) is 5.82 Å². The van der Waals surface area contributed by atoms with E-state index >= 15 is 0 Å². The Morgan fingerprint density at radius 1 is 1.04 bits per heavy atom. The lowest BCUT2D eigenvalue weighted by molar-refractivity contribution is 0.612. The van der Waals surface area contributed by atoms with Crippen LogP contribution in [0.3, 0.4) is 0 Å². The molecule has 0 unspecified atom stereocenters. The van der Waals surface area contributed by atoms with Crippen molar-refractivity contribution in [3.63, 3.8) is 0 Å². The summed E-state index contributed by atoms with van der Waals surface area (Å²) in [5.41, 5.74) is 1.11. The normalized spacial score (nSPS) is 10.5. The zero-order chi connectivity index (χ0) is 16.9. The van der Waals surface area contributed by atoms with E-state index in [1.165, 1.54) is 12.3 Å². The molecule has 3 aromatic rings. The Balaban J connectivity index is 1.72. The third-order valence-electron chi connectivity index (χ3n) is 3.17. The van der Waals surface area contributed by atoms with E-state index in [4.69, 9.17) is 23.2 Å². The molecule has 1 heterocycles. The van der Waals surface area contributed by atoms with Gasteiger partial charge in [0.1, 0.15) is 5.82 Å². The Kier molecular flexibility index (Phi) is 5.08. The molecule has 5 nitrogen and oxygen atoms in total. The number of halogens is 3. The van der Waals surface area contributed by atoms with E-state index in [0.29, 0.717) is 27.1 Å². The van der Waals surface area contributed by atoms with Crippen LogP contribution in [0, 0.1) is 5.82 Å². The minimum atomic E-state index is -0.294. The summed E-state index contributed by atoms with van der Waals surface area (Å²) < 4.78 is 13.6. The molecule has 0 radical (unpaired) electrons. The molecule has 3 rings (SSSR count). The Morgan fingerprint density at radius 2 is 1.88 bits per heavy atom. The minimum absolute atomic E-state index is 0.246. The number of hydrogen-bond acceptors (Lipinski definition) is 5. The van der Waals surface area contributed by atoms with Crippen LogP contribution in [0.4, 0.5) is 21.8 Å². The molecule has 0 saturated heterocycles. The van der Waals surface area contributed by atoms with E-state index in [9.17, 15) is 4.39 Å². The molecule has 24 heavy (non-hydrogen) atoms. The molecule has 0 amide bonds. The molecule has 0 spiro atoms. The van der Waals surface area contributed by atoms with Gasteiger partial charge in [0.2, 0.25) is 5.95 Å². The van der Waals surface area contributed by atoms with E-state index in [2.05, 4.69) is 25.8 Å². The number of anilines is 3. The Hall–Kier alpha value is -2.44. The van der Waals surface area contributed by atoms with E-state index in [0.717, 1.165) is 0 Å². The summed E-state index contributed by atoms with van der Waals surface area (Å²) in [6.07, 6.45) is 1.45. The Morgan fingerprint density at radius 3 is 2.71 bits per heavy atom. The summed E-state index contributed by atoms with van der Waals surface area (Å²) in [5.74, 6) is 0.407. The number of nitrogens with one attached hydrogen (secondary N) is 2. The standard InChI is InChI=1S/C16H12Cl2FN5/c17-11-5-3-7-13(15(11)18)22-14-9-21-24-16(23-14)20-8-10-4-1-2-6-12(10)19/h1-7,9H,8H2,(H2,20,22,23,24). The van der Waals surface area contributed by atoms with E-state index in [1.807, 2.05) is 0 Å². The molecule has 0 bridgehead atoms. The Labute approximate surface area is 147 Å². The lowest BCUT2D eigenvalue weighted by Crippen LogP contribution is -2.07. The van der Waals surface area contributed by atoms with Crippen LogP contribution in [0.1, 0.15) is 5.56 Å². The van der Waals surface area contributed by atoms with Gasteiger partial charge in [-0.05, 0) is 18.2 Å². The molecule has 0 aliphatic carbocycles. The highest BCUT2D eigenvalue weighted by atomic mass is 35.5. The van der Waals surface area contributed by atoms with Crippen molar-refractivity contribution in [1.82, 2.24) is 15.2 Å². The molecular weight excluding hydrogens is 352 g/mol. The van der Waals surface area contributed by atoms with Crippen molar-refractivity contribution in [1.29, 1.82) is 0 Å². The van der Waals surface area contributed by atoms with Crippen LogP contribution in [-0.2, 0) is 6.54 Å². The zero-order valence-corrected chi connectivity index (χ0v) is 13.8. The van der Waals surface area contributed by atoms with Gasteiger partial charge in [-0.3, -0.25) is 0 Å². The fraction of sp³-hybridized carbons (Fsp3) is 0.0625. The predicted molar refractivity (Wildman–Crippen MR) is 93.3 cm³/mol. The average molecular weight is 364 g/mol. The second-order valence-electron chi connectivity index (χ2n) is 4.84. The highest BCUT2D eigenvalue weighted by Gasteiger charge is 2.07. The van der Waals surface area contributed by atoms with Crippen LogP contribution in [0.5, 0.6) is 0 Å². The topological polar surface area (TPSA) is 62.7 Å². The van der Waals surface area contributed by atoms with Gasteiger partial charge < -0.3 is 10.6 Å². The molecule has 2 N–H and O–H groups in total. The highest BCUT2D eigenvalue weighted by molar-refractivity contribution is 6.43. The Bertz CT molecular complexity index is 859. The van der Waals surface area contributed by atoms with Crippen LogP contribution >= 0.6 is 23.2 Å². The summed E-state index contributed by atoms with van der Waals surface area (Å²) in [5, 5.41) is 14.5. The summed E-state index contributed by atoms with van der Waals surface area (Å²) in [7, 11) is 0. The van der Waals surface area contributed by atoms with Gasteiger partial charge in [-0.1, -0.05) is 47.5 Å². The van der Waals surface area contributed by atoms with Crippen molar-refractivity contribution < 1.29 is 4.39 Å². The SMILES string of the molecule is Fc1ccccc1CNc1nncc(Nc2cccc(Cl)c2Cl)n1. The third kappa shape index (κ3) is 3.90. The maximum Gasteiger partial charge on any atom is 0.244 e. The molecule has 0 aliphatic heterocycles. The van der Waals surface area contributed by atoms with Gasteiger partial charge in [-0.2, -0.15) is 10.1 Å². The van der Waals surface area contributed by atoms with Crippen molar-refractivity contribution >= 4 is 40.7 Å². The first kappa shape index (κ1) is 16.4. The summed E-state index contributed by atoms with van der Waals surface area (Å²) in [6, 6.07) is 11.7. The van der Waals surface area contributed by atoms with Crippen LogP contribution in [0.2, 0.25) is 10.0 Å².